The first kappa shape index (κ1) is 18.4. The first-order chi connectivity index (χ1) is 12.1. The second-order valence-corrected chi connectivity index (χ2v) is 10.4. The lowest BCUT2D eigenvalue weighted by molar-refractivity contribution is -0.166. The number of hydrogen-bond donors (Lipinski definition) is 0. The molecule has 1 heterocycles. The molecule has 4 saturated carbocycles. The molecule has 0 N–H and O–H groups in total. The van der Waals surface area contributed by atoms with Crippen LogP contribution in [0.4, 0.5) is 13.2 Å². The van der Waals surface area contributed by atoms with Crippen LogP contribution in [-0.4, -0.2) is 27.9 Å². The molecule has 0 aliphatic heterocycles. The fourth-order valence-electron chi connectivity index (χ4n) is 6.01. The van der Waals surface area contributed by atoms with Crippen molar-refractivity contribution in [2.24, 2.45) is 17.3 Å². The van der Waals surface area contributed by atoms with E-state index in [1.54, 1.807) is 12.1 Å². The van der Waals surface area contributed by atoms with Crippen molar-refractivity contribution in [1.29, 1.82) is 0 Å². The number of rotatable bonds is 5. The summed E-state index contributed by atoms with van der Waals surface area (Å²) in [5.41, 5.74) is -0.141. The molecule has 4 aliphatic rings. The summed E-state index contributed by atoms with van der Waals surface area (Å²) >= 11 is 3.90. The maximum atomic E-state index is 13.0. The molecule has 2 unspecified atom stereocenters. The van der Waals surface area contributed by atoms with Gasteiger partial charge in [-0.2, -0.15) is 13.2 Å². The Morgan fingerprint density at radius 2 is 1.96 bits per heavy atom. The van der Waals surface area contributed by atoms with Gasteiger partial charge in [-0.25, -0.2) is 0 Å². The van der Waals surface area contributed by atoms with Gasteiger partial charge in [0.05, 0.1) is 12.8 Å². The smallest absolute Gasteiger partial charge is 0.406 e. The Morgan fingerprint density at radius 1 is 1.27 bits per heavy atom. The van der Waals surface area contributed by atoms with Crippen LogP contribution in [0, 0.1) is 17.3 Å². The lowest BCUT2D eigenvalue weighted by Gasteiger charge is -2.60. The van der Waals surface area contributed by atoms with Gasteiger partial charge in [0.2, 0.25) is 5.91 Å². The molecule has 5 rings (SSSR count). The largest absolute Gasteiger partial charge is 0.467 e. The number of carbonyl (C=O) groups excluding carboxylic acids is 1. The van der Waals surface area contributed by atoms with Crippen molar-refractivity contribution in [3.05, 3.63) is 24.2 Å². The highest BCUT2D eigenvalue weighted by molar-refractivity contribution is 9.10. The zero-order valence-corrected chi connectivity index (χ0v) is 16.1. The van der Waals surface area contributed by atoms with Crippen LogP contribution in [0.1, 0.15) is 50.7 Å². The maximum absolute atomic E-state index is 13.0. The molecule has 7 heteroatoms. The maximum Gasteiger partial charge on any atom is 0.406 e. The van der Waals surface area contributed by atoms with Gasteiger partial charge in [-0.05, 0) is 67.9 Å². The van der Waals surface area contributed by atoms with E-state index in [1.807, 2.05) is 0 Å². The van der Waals surface area contributed by atoms with Crippen LogP contribution in [0.3, 0.4) is 0 Å². The van der Waals surface area contributed by atoms with Crippen LogP contribution in [0.5, 0.6) is 0 Å². The number of amides is 1. The van der Waals surface area contributed by atoms with Crippen LogP contribution in [0.15, 0.2) is 22.8 Å². The second-order valence-electron chi connectivity index (χ2n) is 8.73. The average Bonchev–Trinajstić information content (AvgIpc) is 2.94. The van der Waals surface area contributed by atoms with Crippen LogP contribution in [-0.2, 0) is 11.3 Å². The molecular formula is C19H23BrF3NO2. The van der Waals surface area contributed by atoms with Gasteiger partial charge in [0.25, 0.3) is 0 Å². The van der Waals surface area contributed by atoms with Crippen LogP contribution in [0.25, 0.3) is 0 Å². The van der Waals surface area contributed by atoms with E-state index in [9.17, 15) is 18.0 Å². The van der Waals surface area contributed by atoms with Crippen LogP contribution >= 0.6 is 15.9 Å². The Kier molecular flexibility index (Phi) is 4.44. The molecule has 4 bridgehead atoms. The van der Waals surface area contributed by atoms with Gasteiger partial charge < -0.3 is 9.32 Å². The van der Waals surface area contributed by atoms with Gasteiger partial charge in [0.15, 0.2) is 0 Å². The number of halogens is 4. The Labute approximate surface area is 159 Å². The predicted octanol–water partition coefficient (Wildman–Crippen LogP) is 5.29. The minimum absolute atomic E-state index is 0.0905. The van der Waals surface area contributed by atoms with Gasteiger partial charge in [-0.15, -0.1) is 0 Å². The zero-order valence-electron chi connectivity index (χ0n) is 14.5. The second kappa shape index (κ2) is 6.28. The van der Waals surface area contributed by atoms with E-state index in [4.69, 9.17) is 4.42 Å². The number of furan rings is 1. The van der Waals surface area contributed by atoms with Crippen molar-refractivity contribution in [2.45, 2.75) is 62.0 Å². The number of alkyl halides is 4. The summed E-state index contributed by atoms with van der Waals surface area (Å²) in [5, 5.41) is 0. The van der Waals surface area contributed by atoms with Crippen molar-refractivity contribution in [3.63, 3.8) is 0 Å². The average molecular weight is 434 g/mol. The van der Waals surface area contributed by atoms with Crippen molar-refractivity contribution in [1.82, 2.24) is 4.90 Å². The molecule has 2 atom stereocenters. The molecular weight excluding hydrogens is 411 g/mol. The van der Waals surface area contributed by atoms with Gasteiger partial charge in [-0.3, -0.25) is 4.79 Å². The summed E-state index contributed by atoms with van der Waals surface area (Å²) in [7, 11) is 0. The fourth-order valence-corrected chi connectivity index (χ4v) is 7.53. The minimum atomic E-state index is -4.42. The van der Waals surface area contributed by atoms with E-state index >= 15 is 0 Å². The molecule has 0 saturated heterocycles. The first-order valence-corrected chi connectivity index (χ1v) is 9.99. The van der Waals surface area contributed by atoms with Gasteiger partial charge >= 0.3 is 6.18 Å². The molecule has 3 nitrogen and oxygen atoms in total. The Morgan fingerprint density at radius 3 is 2.50 bits per heavy atom. The topological polar surface area (TPSA) is 33.5 Å². The minimum Gasteiger partial charge on any atom is -0.467 e. The summed E-state index contributed by atoms with van der Waals surface area (Å²) < 4.78 is 44.3. The molecule has 1 amide bonds. The highest BCUT2D eigenvalue weighted by Crippen LogP contribution is 2.65. The number of nitrogens with zero attached hydrogens (tertiary/aromatic N) is 1. The van der Waals surface area contributed by atoms with Gasteiger partial charge in [0.1, 0.15) is 12.3 Å². The molecule has 0 spiro atoms. The summed E-state index contributed by atoms with van der Waals surface area (Å²) in [6.45, 7) is -1.36. The molecule has 1 aromatic heterocycles. The highest BCUT2D eigenvalue weighted by Gasteiger charge is 2.57. The van der Waals surface area contributed by atoms with Crippen molar-refractivity contribution in [2.75, 3.05) is 6.54 Å². The van der Waals surface area contributed by atoms with Crippen molar-refractivity contribution < 1.29 is 22.4 Å². The summed E-state index contributed by atoms with van der Waals surface area (Å²) in [5.74, 6) is 1.18. The van der Waals surface area contributed by atoms with E-state index in [1.165, 1.54) is 12.7 Å². The lowest BCUT2D eigenvalue weighted by Crippen LogP contribution is -2.54. The molecule has 0 radical (unpaired) electrons. The monoisotopic (exact) mass is 433 g/mol. The van der Waals surface area contributed by atoms with Crippen molar-refractivity contribution in [3.8, 4) is 0 Å². The van der Waals surface area contributed by atoms with E-state index in [0.29, 0.717) is 17.6 Å². The molecule has 26 heavy (non-hydrogen) atoms. The van der Waals surface area contributed by atoms with Crippen LogP contribution < -0.4 is 0 Å². The fraction of sp³-hybridized carbons (Fsp3) is 0.737. The quantitative estimate of drug-likeness (QED) is 0.590. The van der Waals surface area contributed by atoms with Gasteiger partial charge in [0, 0.05) is 10.7 Å². The zero-order chi connectivity index (χ0) is 18.6. The third-order valence-corrected chi connectivity index (χ3v) is 7.21. The first-order valence-electron chi connectivity index (χ1n) is 9.20. The number of hydrogen-bond acceptors (Lipinski definition) is 2. The Bertz CT molecular complexity index is 659. The summed E-state index contributed by atoms with van der Waals surface area (Å²) in [6.07, 6.45) is 3.55. The SMILES string of the molecule is O=C(CC12CC3CC(CC(Br)(C3)C1)C2)N(Cc1ccco1)CC(F)(F)F. The van der Waals surface area contributed by atoms with E-state index < -0.39 is 18.6 Å². The normalized spacial score (nSPS) is 35.7. The predicted molar refractivity (Wildman–Crippen MR) is 93.6 cm³/mol. The standard InChI is InChI=1S/C19H23BrF3NO2/c20-18-7-13-4-14(8-18)6-17(5-13,11-18)9-16(25)24(12-19(21,22)23)10-15-2-1-3-26-15/h1-3,13-14H,4-12H2. The van der Waals surface area contributed by atoms with Crippen LogP contribution in [0.2, 0.25) is 0 Å². The summed E-state index contributed by atoms with van der Waals surface area (Å²) in [4.78, 5) is 13.8. The van der Waals surface area contributed by atoms with Gasteiger partial charge in [-0.1, -0.05) is 15.9 Å². The van der Waals surface area contributed by atoms with E-state index in [-0.39, 0.29) is 22.7 Å². The molecule has 1 aromatic rings. The third kappa shape index (κ3) is 3.82. The van der Waals surface area contributed by atoms with E-state index in [0.717, 1.165) is 37.0 Å². The third-order valence-electron chi connectivity index (χ3n) is 6.29. The highest BCUT2D eigenvalue weighted by atomic mass is 79.9. The summed E-state index contributed by atoms with van der Waals surface area (Å²) in [6, 6.07) is 3.23. The molecule has 0 aromatic carbocycles. The molecule has 4 fully saturated rings. The molecule has 4 aliphatic carbocycles. The Hall–Kier alpha value is -0.980. The van der Waals surface area contributed by atoms with E-state index in [2.05, 4.69) is 15.9 Å². The van der Waals surface area contributed by atoms with Crippen molar-refractivity contribution >= 4 is 21.8 Å². The Balaban J connectivity index is 1.50. The lowest BCUT2D eigenvalue weighted by atomic mass is 9.48. The molecule has 144 valence electrons. The number of carbonyl (C=O) groups is 1.